The van der Waals surface area contributed by atoms with Crippen LogP contribution in [-0.4, -0.2) is 30.9 Å². The number of carbonyl (C=O) groups is 1. The van der Waals surface area contributed by atoms with Crippen molar-refractivity contribution in [3.63, 3.8) is 0 Å². The normalized spacial score (nSPS) is 23.2. The van der Waals surface area contributed by atoms with Crippen LogP contribution < -0.4 is 4.74 Å². The highest BCUT2D eigenvalue weighted by molar-refractivity contribution is 6.24. The summed E-state index contributed by atoms with van der Waals surface area (Å²) in [6.45, 7) is 2.69. The minimum Gasteiger partial charge on any atom is -0.497 e. The number of allylic oxidation sites excluding steroid dienone is 1. The number of hydrogen-bond acceptors (Lipinski definition) is 3. The van der Waals surface area contributed by atoms with Crippen LogP contribution >= 0.6 is 0 Å². The molecule has 2 atom stereocenters. The topological polar surface area (TPSA) is 29.5 Å². The highest BCUT2D eigenvalue weighted by atomic mass is 16.5. The maximum absolute atomic E-state index is 12.8. The molecule has 122 valence electrons. The van der Waals surface area contributed by atoms with E-state index in [1.807, 2.05) is 42.5 Å². The molecule has 3 nitrogen and oxygen atoms in total. The summed E-state index contributed by atoms with van der Waals surface area (Å²) in [5, 5.41) is 0. The molecule has 0 N–H and O–H groups in total. The molecule has 1 saturated heterocycles. The first-order valence-corrected chi connectivity index (χ1v) is 8.41. The molecule has 0 bridgehead atoms. The number of benzene rings is 2. The van der Waals surface area contributed by atoms with Crippen LogP contribution in [0.4, 0.5) is 0 Å². The second-order valence-corrected chi connectivity index (χ2v) is 6.62. The van der Waals surface area contributed by atoms with Gasteiger partial charge < -0.3 is 4.74 Å². The van der Waals surface area contributed by atoms with E-state index >= 15 is 0 Å². The van der Waals surface area contributed by atoms with Gasteiger partial charge in [-0.2, -0.15) is 0 Å². The van der Waals surface area contributed by atoms with Gasteiger partial charge in [0, 0.05) is 37.0 Å². The van der Waals surface area contributed by atoms with Gasteiger partial charge in [-0.15, -0.1) is 0 Å². The molecule has 0 aromatic heterocycles. The average Bonchev–Trinajstić information content (AvgIpc) is 3.15. The standard InChI is InChI=1S/C21H21NO2/c1-24-18-9-7-15(8-10-18)12-22-13-17-11-19(21(23)20(17)14-22)16-5-3-2-4-6-16/h2-11,17,20H,12-14H2,1H3/t17-,20+/m0/s1. The van der Waals surface area contributed by atoms with Crippen LogP contribution in [0.25, 0.3) is 5.57 Å². The number of methoxy groups -OCH3 is 1. The zero-order valence-corrected chi connectivity index (χ0v) is 13.8. The highest BCUT2D eigenvalue weighted by Crippen LogP contribution is 2.38. The predicted molar refractivity (Wildman–Crippen MR) is 94.7 cm³/mol. The molecule has 2 aromatic carbocycles. The lowest BCUT2D eigenvalue weighted by Gasteiger charge is -2.17. The van der Waals surface area contributed by atoms with Crippen molar-refractivity contribution in [2.75, 3.05) is 20.2 Å². The van der Waals surface area contributed by atoms with E-state index in [4.69, 9.17) is 4.74 Å². The van der Waals surface area contributed by atoms with Crippen LogP contribution in [0.15, 0.2) is 60.7 Å². The maximum atomic E-state index is 12.8. The Morgan fingerprint density at radius 1 is 1.04 bits per heavy atom. The maximum Gasteiger partial charge on any atom is 0.168 e. The van der Waals surface area contributed by atoms with Crippen molar-refractivity contribution >= 4 is 11.4 Å². The molecule has 0 unspecified atom stereocenters. The van der Waals surface area contributed by atoms with Gasteiger partial charge in [-0.3, -0.25) is 9.69 Å². The molecule has 4 rings (SSSR count). The lowest BCUT2D eigenvalue weighted by molar-refractivity contribution is -0.116. The summed E-state index contributed by atoms with van der Waals surface area (Å²) < 4.78 is 5.20. The highest BCUT2D eigenvalue weighted by Gasteiger charge is 2.42. The van der Waals surface area contributed by atoms with Crippen molar-refractivity contribution < 1.29 is 9.53 Å². The second kappa shape index (κ2) is 6.25. The van der Waals surface area contributed by atoms with Crippen molar-refractivity contribution in [3.05, 3.63) is 71.8 Å². The first-order valence-electron chi connectivity index (χ1n) is 8.41. The van der Waals surface area contributed by atoms with E-state index in [9.17, 15) is 4.79 Å². The molecule has 1 heterocycles. The van der Waals surface area contributed by atoms with Gasteiger partial charge in [-0.25, -0.2) is 0 Å². The summed E-state index contributed by atoms with van der Waals surface area (Å²) in [5.74, 6) is 1.66. The Morgan fingerprint density at radius 2 is 1.79 bits per heavy atom. The monoisotopic (exact) mass is 319 g/mol. The summed E-state index contributed by atoms with van der Waals surface area (Å²) in [4.78, 5) is 15.1. The number of hydrogen-bond donors (Lipinski definition) is 0. The number of carbonyl (C=O) groups excluding carboxylic acids is 1. The zero-order valence-electron chi connectivity index (χ0n) is 13.8. The van der Waals surface area contributed by atoms with E-state index in [0.717, 1.165) is 36.5 Å². The number of likely N-dealkylation sites (tertiary alicyclic amines) is 1. The lowest BCUT2D eigenvalue weighted by atomic mass is 9.97. The molecule has 0 spiro atoms. The van der Waals surface area contributed by atoms with E-state index in [1.54, 1.807) is 7.11 Å². The van der Waals surface area contributed by atoms with Gasteiger partial charge in [-0.1, -0.05) is 48.5 Å². The third kappa shape index (κ3) is 2.76. The number of Topliss-reactive ketones (excluding diaryl/α,β-unsaturated/α-hetero) is 1. The van der Waals surface area contributed by atoms with Crippen LogP contribution in [0.2, 0.25) is 0 Å². The molecular weight excluding hydrogens is 298 g/mol. The first-order chi connectivity index (χ1) is 11.7. The van der Waals surface area contributed by atoms with Gasteiger partial charge in [-0.05, 0) is 23.3 Å². The summed E-state index contributed by atoms with van der Waals surface area (Å²) in [6.07, 6.45) is 2.19. The van der Waals surface area contributed by atoms with E-state index in [1.165, 1.54) is 5.56 Å². The molecule has 0 amide bonds. The number of nitrogens with zero attached hydrogens (tertiary/aromatic N) is 1. The Hall–Kier alpha value is -2.39. The fraction of sp³-hybridized carbons (Fsp3) is 0.286. The molecule has 3 heteroatoms. The fourth-order valence-electron chi connectivity index (χ4n) is 3.83. The Bertz CT molecular complexity index is 764. The lowest BCUT2D eigenvalue weighted by Crippen LogP contribution is -2.23. The van der Waals surface area contributed by atoms with E-state index in [-0.39, 0.29) is 5.92 Å². The fourth-order valence-corrected chi connectivity index (χ4v) is 3.83. The van der Waals surface area contributed by atoms with Crippen molar-refractivity contribution in [2.24, 2.45) is 11.8 Å². The van der Waals surface area contributed by atoms with Gasteiger partial charge in [0.2, 0.25) is 0 Å². The molecule has 0 saturated carbocycles. The number of fused-ring (bicyclic) bond motifs is 1. The molecule has 24 heavy (non-hydrogen) atoms. The molecule has 1 aliphatic heterocycles. The second-order valence-electron chi connectivity index (χ2n) is 6.62. The number of rotatable bonds is 4. The van der Waals surface area contributed by atoms with Crippen LogP contribution in [0.3, 0.4) is 0 Å². The van der Waals surface area contributed by atoms with Crippen LogP contribution in [-0.2, 0) is 11.3 Å². The Labute approximate surface area is 142 Å². The summed E-state index contributed by atoms with van der Waals surface area (Å²) >= 11 is 0. The summed E-state index contributed by atoms with van der Waals surface area (Å²) in [5.41, 5.74) is 3.23. The minimum absolute atomic E-state index is 0.124. The van der Waals surface area contributed by atoms with Crippen molar-refractivity contribution in [1.82, 2.24) is 4.90 Å². The van der Waals surface area contributed by atoms with Gasteiger partial charge >= 0.3 is 0 Å². The molecule has 2 aliphatic rings. The molecule has 2 aromatic rings. The number of ether oxygens (including phenoxy) is 1. The average molecular weight is 319 g/mol. The van der Waals surface area contributed by atoms with Gasteiger partial charge in [0.15, 0.2) is 5.78 Å². The van der Waals surface area contributed by atoms with E-state index in [0.29, 0.717) is 11.7 Å². The Morgan fingerprint density at radius 3 is 2.46 bits per heavy atom. The van der Waals surface area contributed by atoms with Gasteiger partial charge in [0.05, 0.1) is 7.11 Å². The van der Waals surface area contributed by atoms with Crippen LogP contribution in [0.1, 0.15) is 11.1 Å². The predicted octanol–water partition coefficient (Wildman–Crippen LogP) is 3.41. The Kier molecular flexibility index (Phi) is 3.95. The molecule has 0 radical (unpaired) electrons. The zero-order chi connectivity index (χ0) is 16.5. The Balaban J connectivity index is 1.45. The molecule has 1 fully saturated rings. The van der Waals surface area contributed by atoms with E-state index < -0.39 is 0 Å². The SMILES string of the molecule is COc1ccc(CN2C[C@@H]3C=C(c4ccccc4)C(=O)[C@@H]3C2)cc1. The van der Waals surface area contributed by atoms with Crippen molar-refractivity contribution in [3.8, 4) is 5.75 Å². The van der Waals surface area contributed by atoms with Crippen molar-refractivity contribution in [2.45, 2.75) is 6.54 Å². The quantitative estimate of drug-likeness (QED) is 0.865. The first kappa shape index (κ1) is 15.2. The minimum atomic E-state index is 0.124. The molecular formula is C21H21NO2. The third-order valence-corrected chi connectivity index (χ3v) is 5.07. The van der Waals surface area contributed by atoms with Crippen LogP contribution in [0.5, 0.6) is 5.75 Å². The van der Waals surface area contributed by atoms with E-state index in [2.05, 4.69) is 23.1 Å². The summed E-state index contributed by atoms with van der Waals surface area (Å²) in [6, 6.07) is 18.2. The summed E-state index contributed by atoms with van der Waals surface area (Å²) in [7, 11) is 1.68. The third-order valence-electron chi connectivity index (χ3n) is 5.07. The van der Waals surface area contributed by atoms with Gasteiger partial charge in [0.25, 0.3) is 0 Å². The van der Waals surface area contributed by atoms with Gasteiger partial charge in [0.1, 0.15) is 5.75 Å². The van der Waals surface area contributed by atoms with Crippen molar-refractivity contribution in [1.29, 1.82) is 0 Å². The molecule has 1 aliphatic carbocycles. The van der Waals surface area contributed by atoms with Crippen LogP contribution in [0, 0.1) is 11.8 Å². The largest absolute Gasteiger partial charge is 0.497 e. The smallest absolute Gasteiger partial charge is 0.168 e. The number of ketones is 1.